The Bertz CT molecular complexity index is 428. The summed E-state index contributed by atoms with van der Waals surface area (Å²) in [4.78, 5) is 0. The highest BCUT2D eigenvalue weighted by Crippen LogP contribution is 2.26. The fraction of sp³-hybridized carbons (Fsp3) is 0.600. The van der Waals surface area contributed by atoms with E-state index in [9.17, 15) is 8.78 Å². The molecule has 1 heterocycles. The molecule has 1 aliphatic rings. The highest BCUT2D eigenvalue weighted by molar-refractivity contribution is 5.28. The Morgan fingerprint density at radius 2 is 2.26 bits per heavy atom. The molecule has 0 radical (unpaired) electrons. The van der Waals surface area contributed by atoms with Crippen molar-refractivity contribution in [1.29, 1.82) is 0 Å². The van der Waals surface area contributed by atoms with Crippen LogP contribution in [0.5, 0.6) is 0 Å². The van der Waals surface area contributed by atoms with E-state index in [0.29, 0.717) is 19.6 Å². The van der Waals surface area contributed by atoms with E-state index in [4.69, 9.17) is 4.74 Å². The maximum absolute atomic E-state index is 14.7. The topological polar surface area (TPSA) is 21.3 Å². The standard InChI is InChI=1S/C15H21F2NO/c1-11-3-4-13(16)7-12(11)8-15(2,17)9-14-10-19-6-5-18-14/h3-4,7,14,18H,5-6,8-10H2,1-2H3. The van der Waals surface area contributed by atoms with Crippen LogP contribution in [0.1, 0.15) is 24.5 Å². The molecule has 0 bridgehead atoms. The van der Waals surface area contributed by atoms with E-state index in [1.54, 1.807) is 13.0 Å². The molecule has 1 fully saturated rings. The minimum Gasteiger partial charge on any atom is -0.379 e. The van der Waals surface area contributed by atoms with Gasteiger partial charge in [0.05, 0.1) is 13.2 Å². The van der Waals surface area contributed by atoms with Crippen molar-refractivity contribution < 1.29 is 13.5 Å². The van der Waals surface area contributed by atoms with Crippen molar-refractivity contribution in [3.63, 3.8) is 0 Å². The third kappa shape index (κ3) is 4.25. The van der Waals surface area contributed by atoms with E-state index in [2.05, 4.69) is 5.32 Å². The predicted molar refractivity (Wildman–Crippen MR) is 71.6 cm³/mol. The van der Waals surface area contributed by atoms with Crippen molar-refractivity contribution in [1.82, 2.24) is 5.32 Å². The number of alkyl halides is 1. The minimum atomic E-state index is -1.36. The van der Waals surface area contributed by atoms with Gasteiger partial charge in [0.25, 0.3) is 0 Å². The summed E-state index contributed by atoms with van der Waals surface area (Å²) >= 11 is 0. The number of nitrogens with one attached hydrogen (secondary N) is 1. The largest absolute Gasteiger partial charge is 0.379 e. The maximum Gasteiger partial charge on any atom is 0.123 e. The number of ether oxygens (including phenoxy) is 1. The molecule has 0 spiro atoms. The lowest BCUT2D eigenvalue weighted by atomic mass is 9.89. The Hall–Kier alpha value is -1.00. The molecule has 0 saturated carbocycles. The lowest BCUT2D eigenvalue weighted by Gasteiger charge is -2.30. The van der Waals surface area contributed by atoms with Gasteiger partial charge in [-0.1, -0.05) is 6.07 Å². The Balaban J connectivity index is 2.00. The summed E-state index contributed by atoms with van der Waals surface area (Å²) in [7, 11) is 0. The van der Waals surface area contributed by atoms with Crippen LogP contribution in [-0.4, -0.2) is 31.5 Å². The van der Waals surface area contributed by atoms with Gasteiger partial charge in [0, 0.05) is 19.0 Å². The van der Waals surface area contributed by atoms with Crippen LogP contribution in [0.3, 0.4) is 0 Å². The number of halogens is 2. The van der Waals surface area contributed by atoms with Crippen molar-refractivity contribution in [2.45, 2.75) is 38.4 Å². The van der Waals surface area contributed by atoms with Crippen LogP contribution in [0.25, 0.3) is 0 Å². The monoisotopic (exact) mass is 269 g/mol. The van der Waals surface area contributed by atoms with Gasteiger partial charge in [0.2, 0.25) is 0 Å². The molecular weight excluding hydrogens is 248 g/mol. The summed E-state index contributed by atoms with van der Waals surface area (Å²) in [5.41, 5.74) is 0.302. The Morgan fingerprint density at radius 3 is 2.95 bits per heavy atom. The fourth-order valence-electron chi connectivity index (χ4n) is 2.56. The second kappa shape index (κ2) is 5.97. The predicted octanol–water partition coefficient (Wildman–Crippen LogP) is 2.78. The van der Waals surface area contributed by atoms with E-state index in [-0.39, 0.29) is 18.3 Å². The van der Waals surface area contributed by atoms with Crippen molar-refractivity contribution in [3.8, 4) is 0 Å². The molecule has 1 N–H and O–H groups in total. The van der Waals surface area contributed by atoms with Crippen LogP contribution in [-0.2, 0) is 11.2 Å². The lowest BCUT2D eigenvalue weighted by molar-refractivity contribution is 0.0483. The zero-order chi connectivity index (χ0) is 13.9. The molecule has 1 aliphatic heterocycles. The smallest absolute Gasteiger partial charge is 0.123 e. The third-order valence-electron chi connectivity index (χ3n) is 3.54. The van der Waals surface area contributed by atoms with Crippen molar-refractivity contribution in [3.05, 3.63) is 35.1 Å². The van der Waals surface area contributed by atoms with Crippen LogP contribution in [0, 0.1) is 12.7 Å². The van der Waals surface area contributed by atoms with E-state index in [1.165, 1.54) is 12.1 Å². The number of benzene rings is 1. The average molecular weight is 269 g/mol. The highest BCUT2D eigenvalue weighted by Gasteiger charge is 2.29. The quantitative estimate of drug-likeness (QED) is 0.907. The molecule has 4 heteroatoms. The van der Waals surface area contributed by atoms with Gasteiger partial charge >= 0.3 is 0 Å². The summed E-state index contributed by atoms with van der Waals surface area (Å²) in [6.07, 6.45) is 0.609. The van der Waals surface area contributed by atoms with Crippen LogP contribution < -0.4 is 5.32 Å². The second-order valence-corrected chi connectivity index (χ2v) is 5.59. The molecule has 19 heavy (non-hydrogen) atoms. The van der Waals surface area contributed by atoms with Crippen molar-refractivity contribution >= 4 is 0 Å². The number of hydrogen-bond donors (Lipinski definition) is 1. The van der Waals surface area contributed by atoms with Gasteiger partial charge in [-0.05, 0) is 43.5 Å². The first-order valence-corrected chi connectivity index (χ1v) is 6.71. The van der Waals surface area contributed by atoms with Crippen LogP contribution >= 0.6 is 0 Å². The van der Waals surface area contributed by atoms with Crippen LogP contribution in [0.2, 0.25) is 0 Å². The summed E-state index contributed by atoms with van der Waals surface area (Å²) in [5, 5.41) is 3.25. The molecule has 2 nitrogen and oxygen atoms in total. The van der Waals surface area contributed by atoms with Gasteiger partial charge in [0.1, 0.15) is 11.5 Å². The zero-order valence-corrected chi connectivity index (χ0v) is 11.5. The molecular formula is C15H21F2NO. The van der Waals surface area contributed by atoms with Crippen molar-refractivity contribution in [2.24, 2.45) is 0 Å². The first kappa shape index (κ1) is 14.4. The first-order chi connectivity index (χ1) is 8.96. The zero-order valence-electron chi connectivity index (χ0n) is 11.5. The van der Waals surface area contributed by atoms with Gasteiger partial charge in [-0.15, -0.1) is 0 Å². The number of aryl methyl sites for hydroxylation is 1. The maximum atomic E-state index is 14.7. The molecule has 0 aromatic heterocycles. The van der Waals surface area contributed by atoms with Crippen LogP contribution in [0.15, 0.2) is 18.2 Å². The van der Waals surface area contributed by atoms with Gasteiger partial charge < -0.3 is 10.1 Å². The SMILES string of the molecule is Cc1ccc(F)cc1CC(C)(F)CC1COCCN1. The summed E-state index contributed by atoms with van der Waals surface area (Å²) in [6, 6.07) is 4.57. The highest BCUT2D eigenvalue weighted by atomic mass is 19.1. The van der Waals surface area contributed by atoms with Gasteiger partial charge in [-0.3, -0.25) is 0 Å². The van der Waals surface area contributed by atoms with Gasteiger partial charge in [0.15, 0.2) is 0 Å². The molecule has 1 aromatic carbocycles. The summed E-state index contributed by atoms with van der Waals surface area (Å²) in [5.74, 6) is -0.310. The Labute approximate surface area is 113 Å². The minimum absolute atomic E-state index is 0.0395. The molecule has 1 aromatic rings. The Kier molecular flexibility index (Phi) is 4.53. The van der Waals surface area contributed by atoms with E-state index < -0.39 is 5.67 Å². The molecule has 2 unspecified atom stereocenters. The molecule has 2 rings (SSSR count). The number of hydrogen-bond acceptors (Lipinski definition) is 2. The molecule has 106 valence electrons. The van der Waals surface area contributed by atoms with Gasteiger partial charge in [-0.25, -0.2) is 8.78 Å². The molecule has 0 amide bonds. The lowest BCUT2D eigenvalue weighted by Crippen LogP contribution is -2.45. The van der Waals surface area contributed by atoms with Crippen molar-refractivity contribution in [2.75, 3.05) is 19.8 Å². The number of morpholine rings is 1. The third-order valence-corrected chi connectivity index (χ3v) is 3.54. The Morgan fingerprint density at radius 1 is 1.47 bits per heavy atom. The van der Waals surface area contributed by atoms with Crippen LogP contribution in [0.4, 0.5) is 8.78 Å². The average Bonchev–Trinajstić information content (AvgIpc) is 2.34. The van der Waals surface area contributed by atoms with Gasteiger partial charge in [-0.2, -0.15) is 0 Å². The summed E-state index contributed by atoms with van der Waals surface area (Å²) in [6.45, 7) is 5.45. The molecule has 1 saturated heterocycles. The molecule has 2 atom stereocenters. The fourth-order valence-corrected chi connectivity index (χ4v) is 2.56. The second-order valence-electron chi connectivity index (χ2n) is 5.59. The van der Waals surface area contributed by atoms with E-state index >= 15 is 0 Å². The molecule has 0 aliphatic carbocycles. The first-order valence-electron chi connectivity index (χ1n) is 6.71. The van der Waals surface area contributed by atoms with E-state index in [1.807, 2.05) is 6.92 Å². The van der Waals surface area contributed by atoms with E-state index in [0.717, 1.165) is 17.7 Å². The number of rotatable bonds is 4. The normalized spacial score (nSPS) is 23.1. The summed E-state index contributed by atoms with van der Waals surface area (Å²) < 4.78 is 33.2.